The fraction of sp³-hybridized carbons (Fsp3) is 0.167. The Morgan fingerprint density at radius 2 is 1.39 bits per heavy atom. The quantitative estimate of drug-likeness (QED) is 0.436. The predicted octanol–water partition coefficient (Wildman–Crippen LogP) is 4.45. The Kier molecular flexibility index (Phi) is 6.56. The van der Waals surface area contributed by atoms with Crippen molar-refractivity contribution in [2.24, 2.45) is 0 Å². The number of Topliss-reactive ketones (excluding diaryl/α,β-unsaturated/α-hetero) is 1. The van der Waals surface area contributed by atoms with Crippen molar-refractivity contribution in [2.45, 2.75) is 25.7 Å². The Morgan fingerprint density at radius 1 is 0.806 bits per heavy atom. The van der Waals surface area contributed by atoms with Crippen LogP contribution in [-0.4, -0.2) is 26.8 Å². The molecule has 31 heavy (non-hydrogen) atoms. The number of ketones is 1. The maximum atomic E-state index is 12.7. The van der Waals surface area contributed by atoms with E-state index in [0.717, 1.165) is 11.1 Å². The summed E-state index contributed by atoms with van der Waals surface area (Å²) in [7, 11) is -3.77. The largest absolute Gasteiger partial charge is 0.454 e. The monoisotopic (exact) mass is 437 g/mol. The van der Waals surface area contributed by atoms with E-state index in [-0.39, 0.29) is 22.8 Å². The van der Waals surface area contributed by atoms with Gasteiger partial charge in [0.2, 0.25) is 0 Å². The lowest BCUT2D eigenvalue weighted by Gasteiger charge is -2.11. The molecular weight excluding hydrogens is 414 g/mol. The summed E-state index contributed by atoms with van der Waals surface area (Å²) in [5.41, 5.74) is 3.50. The highest BCUT2D eigenvalue weighted by Crippen LogP contribution is 2.21. The smallest absolute Gasteiger partial charge is 0.338 e. The first kappa shape index (κ1) is 22.2. The van der Waals surface area contributed by atoms with E-state index in [1.54, 1.807) is 31.2 Å². The third-order valence-corrected chi connectivity index (χ3v) is 6.24. The number of carbonyl (C=O) groups excluding carboxylic acids is 2. The third kappa shape index (κ3) is 5.58. The average molecular weight is 438 g/mol. The van der Waals surface area contributed by atoms with Gasteiger partial charge in [0.1, 0.15) is 0 Å². The molecule has 0 aliphatic carbocycles. The lowest BCUT2D eigenvalue weighted by atomic mass is 10.1. The van der Waals surface area contributed by atoms with Crippen molar-refractivity contribution in [1.29, 1.82) is 0 Å². The number of anilines is 1. The topological polar surface area (TPSA) is 89.5 Å². The summed E-state index contributed by atoms with van der Waals surface area (Å²) in [6.07, 6.45) is 0. The van der Waals surface area contributed by atoms with Crippen molar-refractivity contribution < 1.29 is 22.7 Å². The molecule has 0 atom stereocenters. The molecule has 0 aliphatic rings. The van der Waals surface area contributed by atoms with Crippen molar-refractivity contribution in [2.75, 3.05) is 11.3 Å². The van der Waals surface area contributed by atoms with Crippen LogP contribution in [0, 0.1) is 20.8 Å². The number of benzene rings is 3. The minimum Gasteiger partial charge on any atom is -0.454 e. The molecule has 6 nitrogen and oxygen atoms in total. The molecule has 7 heteroatoms. The maximum Gasteiger partial charge on any atom is 0.338 e. The van der Waals surface area contributed by atoms with Gasteiger partial charge in [0.25, 0.3) is 10.0 Å². The highest BCUT2D eigenvalue weighted by Gasteiger charge is 2.18. The van der Waals surface area contributed by atoms with E-state index in [4.69, 9.17) is 4.74 Å². The number of hydrogen-bond donors (Lipinski definition) is 1. The van der Waals surface area contributed by atoms with Crippen molar-refractivity contribution in [3.63, 3.8) is 0 Å². The Bertz CT molecular complexity index is 1210. The summed E-state index contributed by atoms with van der Waals surface area (Å²) in [6, 6.07) is 18.0. The Balaban J connectivity index is 1.64. The van der Waals surface area contributed by atoms with Crippen LogP contribution in [0.1, 0.15) is 37.4 Å². The fourth-order valence-corrected chi connectivity index (χ4v) is 4.31. The normalized spacial score (nSPS) is 11.1. The predicted molar refractivity (Wildman–Crippen MR) is 119 cm³/mol. The lowest BCUT2D eigenvalue weighted by molar-refractivity contribution is 0.0475. The second kappa shape index (κ2) is 9.14. The van der Waals surface area contributed by atoms with Gasteiger partial charge in [0, 0.05) is 11.3 Å². The molecule has 0 unspecified atom stereocenters. The van der Waals surface area contributed by atoms with Crippen LogP contribution in [0.2, 0.25) is 0 Å². The SMILES string of the molecule is Cc1ccc(C(=O)COC(=O)c2ccc(NS(=O)(=O)c3cc(C)ccc3C)cc2)cc1. The van der Waals surface area contributed by atoms with Gasteiger partial charge in [0.15, 0.2) is 12.4 Å². The van der Waals surface area contributed by atoms with Gasteiger partial charge >= 0.3 is 5.97 Å². The number of hydrogen-bond acceptors (Lipinski definition) is 5. The van der Waals surface area contributed by atoms with E-state index < -0.39 is 16.0 Å². The first-order valence-corrected chi connectivity index (χ1v) is 11.1. The number of esters is 1. The first-order valence-electron chi connectivity index (χ1n) is 9.63. The average Bonchev–Trinajstić information content (AvgIpc) is 2.74. The summed E-state index contributed by atoms with van der Waals surface area (Å²) in [5, 5.41) is 0. The molecule has 3 rings (SSSR count). The molecule has 0 saturated heterocycles. The zero-order valence-electron chi connectivity index (χ0n) is 17.5. The van der Waals surface area contributed by atoms with E-state index >= 15 is 0 Å². The van der Waals surface area contributed by atoms with Crippen LogP contribution in [0.3, 0.4) is 0 Å². The van der Waals surface area contributed by atoms with Crippen molar-refractivity contribution >= 4 is 27.5 Å². The molecule has 3 aromatic rings. The van der Waals surface area contributed by atoms with Crippen LogP contribution in [0.15, 0.2) is 71.6 Å². The van der Waals surface area contributed by atoms with Crippen LogP contribution < -0.4 is 4.72 Å². The van der Waals surface area contributed by atoms with Gasteiger partial charge in [-0.1, -0.05) is 42.0 Å². The number of nitrogens with one attached hydrogen (secondary N) is 1. The molecule has 0 radical (unpaired) electrons. The van der Waals surface area contributed by atoms with Crippen molar-refractivity contribution in [1.82, 2.24) is 0 Å². The molecule has 0 amide bonds. The number of carbonyl (C=O) groups is 2. The maximum absolute atomic E-state index is 12.7. The van der Waals surface area contributed by atoms with Gasteiger partial charge in [-0.15, -0.1) is 0 Å². The summed E-state index contributed by atoms with van der Waals surface area (Å²) in [6.45, 7) is 5.09. The Morgan fingerprint density at radius 3 is 2.03 bits per heavy atom. The van der Waals surface area contributed by atoms with Crippen LogP contribution in [0.25, 0.3) is 0 Å². The molecule has 1 N–H and O–H groups in total. The van der Waals surface area contributed by atoms with Gasteiger partial charge in [-0.05, 0) is 62.2 Å². The molecule has 0 bridgehead atoms. The highest BCUT2D eigenvalue weighted by molar-refractivity contribution is 7.92. The second-order valence-electron chi connectivity index (χ2n) is 7.32. The van der Waals surface area contributed by atoms with E-state index in [0.29, 0.717) is 16.8 Å². The second-order valence-corrected chi connectivity index (χ2v) is 8.97. The molecule has 3 aromatic carbocycles. The minimum absolute atomic E-state index is 0.200. The first-order chi connectivity index (χ1) is 14.7. The summed E-state index contributed by atoms with van der Waals surface area (Å²) in [4.78, 5) is 24.6. The molecule has 0 aromatic heterocycles. The lowest BCUT2D eigenvalue weighted by Crippen LogP contribution is -2.15. The number of aryl methyl sites for hydroxylation is 3. The number of sulfonamides is 1. The molecule has 0 heterocycles. The van der Waals surface area contributed by atoms with Gasteiger partial charge < -0.3 is 4.74 Å². The van der Waals surface area contributed by atoms with Crippen LogP contribution in [-0.2, 0) is 14.8 Å². The van der Waals surface area contributed by atoms with Crippen molar-refractivity contribution in [3.05, 3.63) is 94.5 Å². The molecular formula is C24H23NO5S. The van der Waals surface area contributed by atoms with Crippen LogP contribution in [0.4, 0.5) is 5.69 Å². The molecule has 0 aliphatic heterocycles. The Hall–Kier alpha value is -3.45. The van der Waals surface area contributed by atoms with Crippen molar-refractivity contribution in [3.8, 4) is 0 Å². The number of rotatable bonds is 7. The molecule has 0 spiro atoms. The molecule has 0 fully saturated rings. The third-order valence-electron chi connectivity index (χ3n) is 4.71. The zero-order valence-corrected chi connectivity index (χ0v) is 18.3. The minimum atomic E-state index is -3.77. The summed E-state index contributed by atoms with van der Waals surface area (Å²) in [5.74, 6) is -0.962. The van der Waals surface area contributed by atoms with E-state index in [9.17, 15) is 18.0 Å². The highest BCUT2D eigenvalue weighted by atomic mass is 32.2. The standard InChI is InChI=1S/C24H23NO5S/c1-16-5-8-19(9-6-16)22(26)15-30-24(27)20-10-12-21(13-11-20)25-31(28,29)23-14-17(2)4-7-18(23)3/h4-14,25H,15H2,1-3H3. The molecule has 0 saturated carbocycles. The van der Waals surface area contributed by atoms with E-state index in [1.807, 2.05) is 32.0 Å². The zero-order chi connectivity index (χ0) is 22.6. The van der Waals surface area contributed by atoms with Crippen LogP contribution >= 0.6 is 0 Å². The van der Waals surface area contributed by atoms with E-state index in [2.05, 4.69) is 4.72 Å². The fourth-order valence-electron chi connectivity index (χ4n) is 2.92. The van der Waals surface area contributed by atoms with Gasteiger partial charge in [-0.25, -0.2) is 13.2 Å². The summed E-state index contributed by atoms with van der Waals surface area (Å²) >= 11 is 0. The van der Waals surface area contributed by atoms with Gasteiger partial charge in [-0.3, -0.25) is 9.52 Å². The van der Waals surface area contributed by atoms with Gasteiger partial charge in [0.05, 0.1) is 10.5 Å². The number of ether oxygens (including phenoxy) is 1. The van der Waals surface area contributed by atoms with Crippen LogP contribution in [0.5, 0.6) is 0 Å². The Labute approximate surface area is 181 Å². The van der Waals surface area contributed by atoms with Gasteiger partial charge in [-0.2, -0.15) is 0 Å². The van der Waals surface area contributed by atoms with E-state index in [1.165, 1.54) is 24.3 Å². The molecule has 160 valence electrons. The summed E-state index contributed by atoms with van der Waals surface area (Å²) < 4.78 is 33.0.